The van der Waals surface area contributed by atoms with Crippen LogP contribution in [0.15, 0.2) is 42.5 Å². The highest BCUT2D eigenvalue weighted by Crippen LogP contribution is 2.27. The number of nitrogens with one attached hydrogen (secondary N) is 1. The number of piperidine rings is 2. The maximum Gasteiger partial charge on any atom is 0.410 e. The Bertz CT molecular complexity index is 1430. The molecule has 0 unspecified atom stereocenters. The van der Waals surface area contributed by atoms with E-state index >= 15 is 0 Å². The molecular weight excluding hydrogens is 643 g/mol. The van der Waals surface area contributed by atoms with Gasteiger partial charge in [-0.15, -0.1) is 0 Å². The smallest absolute Gasteiger partial charge is 0.410 e. The lowest BCUT2D eigenvalue weighted by Gasteiger charge is -2.39. The van der Waals surface area contributed by atoms with Gasteiger partial charge in [-0.05, 0) is 61.4 Å². The Labute approximate surface area is 286 Å². The minimum Gasteiger partial charge on any atom is -0.436 e. The number of anilines is 1. The van der Waals surface area contributed by atoms with Crippen LogP contribution in [0.5, 0.6) is 0 Å². The molecule has 254 valence electrons. The van der Waals surface area contributed by atoms with Crippen LogP contribution in [0.4, 0.5) is 15.3 Å². The van der Waals surface area contributed by atoms with E-state index in [4.69, 9.17) is 27.9 Å². The third-order valence-electron chi connectivity index (χ3n) is 10.0. The number of aliphatic hydroxyl groups excluding tert-OH is 1. The Balaban J connectivity index is 1.06. The highest BCUT2D eigenvalue weighted by Gasteiger charge is 2.37. The number of ether oxygens (including phenoxy) is 1. The van der Waals surface area contributed by atoms with Crippen molar-refractivity contribution >= 4 is 46.9 Å². The number of likely N-dealkylation sites (tertiary alicyclic amines) is 2. The van der Waals surface area contributed by atoms with Crippen molar-refractivity contribution in [2.75, 3.05) is 71.0 Å². The molecule has 2 aromatic rings. The second-order valence-electron chi connectivity index (χ2n) is 12.9. The summed E-state index contributed by atoms with van der Waals surface area (Å²) in [7, 11) is 0. The molecule has 3 saturated heterocycles. The number of para-hydroxylation sites is 1. The van der Waals surface area contributed by atoms with E-state index in [-0.39, 0.29) is 31.0 Å². The van der Waals surface area contributed by atoms with Gasteiger partial charge in [-0.3, -0.25) is 14.6 Å². The zero-order valence-corrected chi connectivity index (χ0v) is 28.2. The third kappa shape index (κ3) is 8.14. The first-order valence-electron chi connectivity index (χ1n) is 16.7. The fraction of sp³-hybridized carbons (Fsp3) is 0.559. The van der Waals surface area contributed by atoms with E-state index in [1.165, 1.54) is 0 Å². The van der Waals surface area contributed by atoms with Gasteiger partial charge in [0, 0.05) is 76.5 Å². The Hall–Kier alpha value is -3.09. The van der Waals surface area contributed by atoms with Crippen LogP contribution in [0.2, 0.25) is 10.0 Å². The number of carbonyl (C=O) groups is 3. The summed E-state index contributed by atoms with van der Waals surface area (Å²) in [5.74, 6) is -0.207. The van der Waals surface area contributed by atoms with E-state index in [9.17, 15) is 19.5 Å². The molecule has 4 aliphatic heterocycles. The maximum absolute atomic E-state index is 13.9. The molecule has 2 N–H and O–H groups in total. The van der Waals surface area contributed by atoms with Crippen LogP contribution in [0.1, 0.15) is 36.8 Å². The van der Waals surface area contributed by atoms with Gasteiger partial charge >= 0.3 is 12.1 Å². The van der Waals surface area contributed by atoms with Gasteiger partial charge in [0.1, 0.15) is 0 Å². The molecule has 13 heteroatoms. The fourth-order valence-corrected chi connectivity index (χ4v) is 7.62. The molecule has 0 aromatic heterocycles. The quantitative estimate of drug-likeness (QED) is 0.430. The minimum absolute atomic E-state index is 0.00891. The predicted molar refractivity (Wildman–Crippen MR) is 181 cm³/mol. The number of nitrogens with zero attached hydrogens (tertiary/aromatic N) is 5. The van der Waals surface area contributed by atoms with Crippen molar-refractivity contribution in [3.8, 4) is 0 Å². The Morgan fingerprint density at radius 3 is 2.36 bits per heavy atom. The highest BCUT2D eigenvalue weighted by molar-refractivity contribution is 6.42. The molecule has 0 spiro atoms. The van der Waals surface area contributed by atoms with Crippen LogP contribution in [0, 0.1) is 0 Å². The standard InChI is InChI=1S/C34H44Cl2N6O5/c35-28-6-5-24(21-29(28)36)22-31(32(44)39-12-8-26(9-13-39)41-18-17-38(23-41)19-20-43)47-34(46)40-14-10-27(11-15-40)42-16-7-25-3-1-2-4-30(25)37-33(42)45/h1-6,21,26-27,31,43H,7-20,22-23H2,(H,37,45)/t31-/m1/s1. The summed E-state index contributed by atoms with van der Waals surface area (Å²) in [4.78, 5) is 50.5. The number of benzene rings is 2. The fourth-order valence-electron chi connectivity index (χ4n) is 7.30. The molecule has 6 rings (SSSR count). The summed E-state index contributed by atoms with van der Waals surface area (Å²) in [6, 6.07) is 13.3. The molecule has 1 atom stereocenters. The predicted octanol–water partition coefficient (Wildman–Crippen LogP) is 4.15. The first-order chi connectivity index (χ1) is 22.8. The third-order valence-corrected chi connectivity index (χ3v) is 10.8. The normalized spacial score (nSPS) is 20.9. The molecule has 11 nitrogen and oxygen atoms in total. The first kappa shape index (κ1) is 33.8. The van der Waals surface area contributed by atoms with Gasteiger partial charge in [-0.2, -0.15) is 0 Å². The lowest BCUT2D eigenvalue weighted by Crippen LogP contribution is -2.52. The summed E-state index contributed by atoms with van der Waals surface area (Å²) < 4.78 is 6.00. The molecule has 0 saturated carbocycles. The van der Waals surface area contributed by atoms with E-state index in [1.807, 2.05) is 34.1 Å². The van der Waals surface area contributed by atoms with E-state index < -0.39 is 12.2 Å². The number of carbonyl (C=O) groups excluding carboxylic acids is 3. The monoisotopic (exact) mass is 686 g/mol. The molecule has 4 amide bonds. The summed E-state index contributed by atoms with van der Waals surface area (Å²) in [6.45, 7) is 6.23. The van der Waals surface area contributed by atoms with Crippen molar-refractivity contribution in [2.24, 2.45) is 0 Å². The van der Waals surface area contributed by atoms with E-state index in [2.05, 4.69) is 15.1 Å². The average Bonchev–Trinajstić information content (AvgIpc) is 3.48. The van der Waals surface area contributed by atoms with Crippen LogP contribution >= 0.6 is 23.2 Å². The Morgan fingerprint density at radius 2 is 1.62 bits per heavy atom. The van der Waals surface area contributed by atoms with Crippen molar-refractivity contribution in [2.45, 2.75) is 56.7 Å². The first-order valence-corrected chi connectivity index (χ1v) is 17.5. The topological polar surface area (TPSA) is 109 Å². The number of fused-ring (bicyclic) bond motifs is 1. The van der Waals surface area contributed by atoms with Crippen molar-refractivity contribution < 1.29 is 24.2 Å². The van der Waals surface area contributed by atoms with Gasteiger partial charge < -0.3 is 29.9 Å². The van der Waals surface area contributed by atoms with Gasteiger partial charge in [0.15, 0.2) is 6.10 Å². The highest BCUT2D eigenvalue weighted by atomic mass is 35.5. The van der Waals surface area contributed by atoms with Crippen molar-refractivity contribution in [3.63, 3.8) is 0 Å². The second kappa shape index (κ2) is 15.4. The molecule has 3 fully saturated rings. The summed E-state index contributed by atoms with van der Waals surface area (Å²) in [6.07, 6.45) is 2.38. The second-order valence-corrected chi connectivity index (χ2v) is 13.7. The van der Waals surface area contributed by atoms with Crippen LogP contribution in [0.25, 0.3) is 0 Å². The number of urea groups is 1. The van der Waals surface area contributed by atoms with Crippen molar-refractivity contribution in [3.05, 3.63) is 63.6 Å². The molecule has 2 aromatic carbocycles. The molecular formula is C34H44Cl2N6O5. The van der Waals surface area contributed by atoms with Crippen LogP contribution in [-0.4, -0.2) is 131 Å². The largest absolute Gasteiger partial charge is 0.436 e. The Kier molecular flexibility index (Phi) is 11.1. The number of rotatable bonds is 8. The molecule has 47 heavy (non-hydrogen) atoms. The zero-order valence-electron chi connectivity index (χ0n) is 26.7. The average molecular weight is 688 g/mol. The molecule has 0 bridgehead atoms. The number of hydrogen-bond donors (Lipinski definition) is 2. The van der Waals surface area contributed by atoms with Crippen LogP contribution in [-0.2, 0) is 22.4 Å². The number of halogens is 2. The number of aliphatic hydroxyl groups is 1. The summed E-state index contributed by atoms with van der Waals surface area (Å²) >= 11 is 12.4. The lowest BCUT2D eigenvalue weighted by molar-refractivity contribution is -0.142. The van der Waals surface area contributed by atoms with E-state index in [0.29, 0.717) is 68.2 Å². The minimum atomic E-state index is -1.00. The Morgan fingerprint density at radius 1 is 0.894 bits per heavy atom. The maximum atomic E-state index is 13.9. The lowest BCUT2D eigenvalue weighted by atomic mass is 10.0. The van der Waals surface area contributed by atoms with E-state index in [1.54, 1.807) is 23.1 Å². The summed E-state index contributed by atoms with van der Waals surface area (Å²) in [5, 5.41) is 13.1. The van der Waals surface area contributed by atoms with Gasteiger partial charge in [-0.1, -0.05) is 47.5 Å². The summed E-state index contributed by atoms with van der Waals surface area (Å²) in [5.41, 5.74) is 2.73. The van der Waals surface area contributed by atoms with Gasteiger partial charge in [0.05, 0.1) is 23.3 Å². The van der Waals surface area contributed by atoms with Gasteiger partial charge in [-0.25, -0.2) is 9.59 Å². The molecule has 0 radical (unpaired) electrons. The van der Waals surface area contributed by atoms with Crippen LogP contribution < -0.4 is 5.32 Å². The van der Waals surface area contributed by atoms with Crippen molar-refractivity contribution in [1.29, 1.82) is 0 Å². The SMILES string of the molecule is O=C(O[C@H](Cc1ccc(Cl)c(Cl)c1)C(=O)N1CCC(N2CCN(CCO)C2)CC1)N1CCC(N2CCc3ccccc3NC2=O)CC1. The number of amides is 4. The molecule has 4 aliphatic rings. The van der Waals surface area contributed by atoms with Crippen LogP contribution in [0.3, 0.4) is 0 Å². The van der Waals surface area contributed by atoms with Gasteiger partial charge in [0.2, 0.25) is 0 Å². The van der Waals surface area contributed by atoms with Gasteiger partial charge in [0.25, 0.3) is 5.91 Å². The number of β-amino-alcohol motifs (C(OH)–C–C–N with tert-alkyl or cyclic N) is 1. The van der Waals surface area contributed by atoms with Crippen molar-refractivity contribution in [1.82, 2.24) is 24.5 Å². The number of hydrogen-bond acceptors (Lipinski definition) is 7. The zero-order chi connectivity index (χ0) is 32.9. The van der Waals surface area contributed by atoms with E-state index in [0.717, 1.165) is 55.8 Å². The molecule has 4 heterocycles. The molecule has 0 aliphatic carbocycles.